The van der Waals surface area contributed by atoms with Gasteiger partial charge in [0.25, 0.3) is 0 Å². The van der Waals surface area contributed by atoms with Crippen molar-refractivity contribution in [1.82, 2.24) is 10.2 Å². The monoisotopic (exact) mass is 362 g/mol. The Morgan fingerprint density at radius 1 is 1.27 bits per heavy atom. The molecular weight excluding hydrogens is 332 g/mol. The summed E-state index contributed by atoms with van der Waals surface area (Å²) in [5, 5.41) is 3.02. The predicted octanol–water partition coefficient (Wildman–Crippen LogP) is 2.02. The first-order valence-corrected chi connectivity index (χ1v) is 9.29. The summed E-state index contributed by atoms with van der Waals surface area (Å²) in [7, 11) is 1.52. The highest BCUT2D eigenvalue weighted by molar-refractivity contribution is 5.80. The third kappa shape index (κ3) is 6.33. The van der Waals surface area contributed by atoms with Gasteiger partial charge in [-0.2, -0.15) is 0 Å². The maximum atomic E-state index is 12.3. The number of amides is 2. The molecule has 0 spiro atoms. The molecule has 0 aromatic heterocycles. The molecule has 0 saturated carbocycles. The van der Waals surface area contributed by atoms with E-state index in [4.69, 9.17) is 9.47 Å². The number of hydrogen-bond donors (Lipinski definition) is 1. The molecule has 1 aliphatic heterocycles. The Morgan fingerprint density at radius 2 is 2.00 bits per heavy atom. The molecule has 1 aliphatic rings. The molecule has 144 valence electrons. The van der Waals surface area contributed by atoms with Crippen molar-refractivity contribution >= 4 is 11.8 Å². The first-order valence-electron chi connectivity index (χ1n) is 9.29. The Kier molecular flexibility index (Phi) is 7.91. The van der Waals surface area contributed by atoms with Crippen molar-refractivity contribution in [3.63, 3.8) is 0 Å². The number of nitrogens with one attached hydrogen (secondary N) is 1. The fraction of sp³-hybridized carbons (Fsp3) is 0.600. The van der Waals surface area contributed by atoms with E-state index in [0.29, 0.717) is 32.5 Å². The lowest BCUT2D eigenvalue weighted by Crippen LogP contribution is -2.44. The minimum atomic E-state index is -0.0165. The van der Waals surface area contributed by atoms with Crippen molar-refractivity contribution in [3.8, 4) is 5.75 Å². The number of likely N-dealkylation sites (tertiary alicyclic amines) is 1. The van der Waals surface area contributed by atoms with E-state index in [2.05, 4.69) is 5.32 Å². The van der Waals surface area contributed by atoms with Crippen LogP contribution in [-0.2, 0) is 20.7 Å². The highest BCUT2D eigenvalue weighted by Gasteiger charge is 2.26. The lowest BCUT2D eigenvalue weighted by Gasteiger charge is -2.31. The van der Waals surface area contributed by atoms with Crippen LogP contribution in [-0.4, -0.2) is 56.2 Å². The second-order valence-electron chi connectivity index (χ2n) is 6.94. The van der Waals surface area contributed by atoms with Crippen LogP contribution in [0.15, 0.2) is 24.3 Å². The Labute approximate surface area is 155 Å². The Bertz CT molecular complexity index is 595. The second kappa shape index (κ2) is 10.2. The molecule has 1 fully saturated rings. The summed E-state index contributed by atoms with van der Waals surface area (Å²) in [6.45, 7) is 5.95. The molecule has 1 aromatic rings. The van der Waals surface area contributed by atoms with E-state index in [1.807, 2.05) is 38.1 Å². The lowest BCUT2D eigenvalue weighted by molar-refractivity contribution is -0.138. The predicted molar refractivity (Wildman–Crippen MR) is 100 cm³/mol. The van der Waals surface area contributed by atoms with Crippen molar-refractivity contribution in [1.29, 1.82) is 0 Å². The number of carbonyl (C=O) groups excluding carboxylic acids is 2. The van der Waals surface area contributed by atoms with Crippen molar-refractivity contribution < 1.29 is 19.1 Å². The molecular formula is C20H30N2O4. The van der Waals surface area contributed by atoms with Gasteiger partial charge >= 0.3 is 0 Å². The van der Waals surface area contributed by atoms with Crippen LogP contribution in [0.2, 0.25) is 0 Å². The average molecular weight is 362 g/mol. The van der Waals surface area contributed by atoms with Gasteiger partial charge in [-0.15, -0.1) is 0 Å². The first kappa shape index (κ1) is 20.2. The Balaban J connectivity index is 1.72. The van der Waals surface area contributed by atoms with Gasteiger partial charge in [0.2, 0.25) is 11.8 Å². The van der Waals surface area contributed by atoms with Crippen molar-refractivity contribution in [2.24, 2.45) is 5.92 Å². The van der Waals surface area contributed by atoms with Crippen LogP contribution >= 0.6 is 0 Å². The number of benzene rings is 1. The molecule has 1 N–H and O–H groups in total. The zero-order chi connectivity index (χ0) is 18.9. The van der Waals surface area contributed by atoms with Crippen molar-refractivity contribution in [3.05, 3.63) is 29.8 Å². The molecule has 1 aromatic carbocycles. The number of hydrogen-bond acceptors (Lipinski definition) is 4. The summed E-state index contributed by atoms with van der Waals surface area (Å²) in [4.78, 5) is 25.9. The molecule has 2 rings (SSSR count). The number of nitrogens with zero attached hydrogens (tertiary/aromatic N) is 1. The number of carbonyl (C=O) groups is 2. The third-order valence-electron chi connectivity index (χ3n) is 4.47. The summed E-state index contributed by atoms with van der Waals surface area (Å²) in [5.74, 6) is 0.919. The van der Waals surface area contributed by atoms with Crippen LogP contribution in [0.3, 0.4) is 0 Å². The van der Waals surface area contributed by atoms with E-state index in [0.717, 1.165) is 17.7 Å². The zero-order valence-corrected chi connectivity index (χ0v) is 16.0. The molecule has 6 heteroatoms. The zero-order valence-electron chi connectivity index (χ0n) is 16.0. The van der Waals surface area contributed by atoms with Gasteiger partial charge in [0.05, 0.1) is 6.10 Å². The maximum Gasteiger partial charge on any atom is 0.248 e. The fourth-order valence-electron chi connectivity index (χ4n) is 3.13. The van der Waals surface area contributed by atoms with Gasteiger partial charge in [0, 0.05) is 32.7 Å². The second-order valence-corrected chi connectivity index (χ2v) is 6.94. The largest absolute Gasteiger partial charge is 0.491 e. The molecule has 26 heavy (non-hydrogen) atoms. The highest BCUT2D eigenvalue weighted by Crippen LogP contribution is 2.18. The summed E-state index contributed by atoms with van der Waals surface area (Å²) >= 11 is 0. The van der Waals surface area contributed by atoms with Crippen LogP contribution < -0.4 is 10.1 Å². The van der Waals surface area contributed by atoms with Gasteiger partial charge in [-0.25, -0.2) is 0 Å². The van der Waals surface area contributed by atoms with Crippen LogP contribution in [0.1, 0.15) is 32.3 Å². The molecule has 0 atom stereocenters. The number of piperidine rings is 1. The van der Waals surface area contributed by atoms with Gasteiger partial charge < -0.3 is 19.7 Å². The highest BCUT2D eigenvalue weighted by atomic mass is 16.5. The van der Waals surface area contributed by atoms with Gasteiger partial charge in [-0.3, -0.25) is 9.59 Å². The number of methoxy groups -OCH3 is 1. The van der Waals surface area contributed by atoms with E-state index in [1.165, 1.54) is 7.11 Å². The molecule has 0 bridgehead atoms. The third-order valence-corrected chi connectivity index (χ3v) is 4.47. The Morgan fingerprint density at radius 3 is 2.65 bits per heavy atom. The molecule has 1 heterocycles. The quantitative estimate of drug-likeness (QED) is 0.768. The molecule has 0 radical (unpaired) electrons. The summed E-state index contributed by atoms with van der Waals surface area (Å²) in [5.41, 5.74) is 1.14. The topological polar surface area (TPSA) is 67.9 Å². The minimum absolute atomic E-state index is 0.00476. The van der Waals surface area contributed by atoms with E-state index in [1.54, 1.807) is 4.90 Å². The van der Waals surface area contributed by atoms with Gasteiger partial charge in [0.15, 0.2) is 0 Å². The summed E-state index contributed by atoms with van der Waals surface area (Å²) in [6, 6.07) is 7.98. The average Bonchev–Trinajstić information content (AvgIpc) is 2.62. The van der Waals surface area contributed by atoms with Gasteiger partial charge in [0.1, 0.15) is 12.4 Å². The number of rotatable bonds is 8. The van der Waals surface area contributed by atoms with Crippen molar-refractivity contribution in [2.45, 2.75) is 39.2 Å². The van der Waals surface area contributed by atoms with Crippen LogP contribution in [0.25, 0.3) is 0 Å². The summed E-state index contributed by atoms with van der Waals surface area (Å²) in [6.07, 6.45) is 2.33. The first-order chi connectivity index (χ1) is 12.5. The maximum absolute atomic E-state index is 12.3. The van der Waals surface area contributed by atoms with Crippen LogP contribution in [0.4, 0.5) is 0 Å². The molecule has 1 saturated heterocycles. The normalized spacial score (nSPS) is 15.2. The molecule has 0 aliphatic carbocycles. The van der Waals surface area contributed by atoms with Crippen LogP contribution in [0, 0.1) is 5.92 Å². The van der Waals surface area contributed by atoms with Gasteiger partial charge in [-0.1, -0.05) is 12.1 Å². The van der Waals surface area contributed by atoms with E-state index in [9.17, 15) is 9.59 Å². The van der Waals surface area contributed by atoms with Crippen molar-refractivity contribution in [2.75, 3.05) is 33.4 Å². The summed E-state index contributed by atoms with van der Waals surface area (Å²) < 4.78 is 10.6. The SMILES string of the molecule is COCC(=O)N1CCC(C(=O)NCCc2cccc(OC(C)C)c2)CC1. The minimum Gasteiger partial charge on any atom is -0.491 e. The van der Waals surface area contributed by atoms with E-state index < -0.39 is 0 Å². The molecule has 6 nitrogen and oxygen atoms in total. The lowest BCUT2D eigenvalue weighted by atomic mass is 9.96. The van der Waals surface area contributed by atoms with Gasteiger partial charge in [-0.05, 0) is 50.8 Å². The molecule has 2 amide bonds. The molecule has 0 unspecified atom stereocenters. The standard InChI is InChI=1S/C20H30N2O4/c1-15(2)26-18-6-4-5-16(13-18)7-10-21-20(24)17-8-11-22(12-9-17)19(23)14-25-3/h4-6,13,15,17H,7-12,14H2,1-3H3,(H,21,24). The van der Waals surface area contributed by atoms with Crippen LogP contribution in [0.5, 0.6) is 5.75 Å². The Hall–Kier alpha value is -2.08. The smallest absolute Gasteiger partial charge is 0.248 e. The number of ether oxygens (including phenoxy) is 2. The fourth-order valence-corrected chi connectivity index (χ4v) is 3.13. The van der Waals surface area contributed by atoms with E-state index in [-0.39, 0.29) is 30.4 Å². The van der Waals surface area contributed by atoms with E-state index >= 15 is 0 Å².